The molecule has 0 radical (unpaired) electrons. The van der Waals surface area contributed by atoms with Crippen LogP contribution in [-0.4, -0.2) is 20.8 Å². The Kier molecular flexibility index (Phi) is 6.43. The van der Waals surface area contributed by atoms with Crippen molar-refractivity contribution < 1.29 is 14.4 Å². The van der Waals surface area contributed by atoms with E-state index >= 15 is 0 Å². The molecule has 0 bridgehead atoms. The standard InChI is InChI=1S/C31H31N2O3P/c1-5-33-28-17-10-9-16-26(28)27-21-25(18-19-29(27)33)37(31(2,3)4,36-24-14-7-6-8-15-24)32-23-13-11-12-22(20-23)30(34)35/h6-21H,5H2,1-4H3,(H,34,35)/t37-/m1/s1. The predicted octanol–water partition coefficient (Wildman–Crippen LogP) is 8.46. The summed E-state index contributed by atoms with van der Waals surface area (Å²) in [5, 5.41) is 12.6. The molecule has 5 aromatic rings. The van der Waals surface area contributed by atoms with Gasteiger partial charge in [-0.1, -0.05) is 63.2 Å². The molecule has 6 heteroatoms. The molecule has 0 fully saturated rings. The molecule has 1 atom stereocenters. The zero-order valence-electron chi connectivity index (χ0n) is 21.6. The molecule has 188 valence electrons. The minimum Gasteiger partial charge on any atom is -0.478 e. The zero-order chi connectivity index (χ0) is 26.2. The molecule has 0 saturated heterocycles. The van der Waals surface area contributed by atoms with Crippen LogP contribution in [0, 0.1) is 0 Å². The second-order valence-electron chi connectivity index (χ2n) is 10.1. The molecule has 0 unspecified atom stereocenters. The van der Waals surface area contributed by atoms with Crippen molar-refractivity contribution >= 4 is 46.0 Å². The van der Waals surface area contributed by atoms with Gasteiger partial charge in [0.2, 0.25) is 0 Å². The predicted molar refractivity (Wildman–Crippen MR) is 154 cm³/mol. The van der Waals surface area contributed by atoms with Gasteiger partial charge in [0.15, 0.2) is 7.28 Å². The second kappa shape index (κ2) is 9.57. The van der Waals surface area contributed by atoms with E-state index in [2.05, 4.69) is 74.7 Å². The lowest BCUT2D eigenvalue weighted by molar-refractivity contribution is 0.0697. The number of rotatable bonds is 6. The number of hydrogen-bond donors (Lipinski definition) is 1. The summed E-state index contributed by atoms with van der Waals surface area (Å²) in [6.07, 6.45) is 0. The van der Waals surface area contributed by atoms with Gasteiger partial charge >= 0.3 is 5.97 Å². The molecule has 1 N–H and O–H groups in total. The number of hydrogen-bond acceptors (Lipinski definition) is 3. The number of aromatic carboxylic acids is 1. The van der Waals surface area contributed by atoms with Crippen LogP contribution in [0.25, 0.3) is 21.8 Å². The summed E-state index contributed by atoms with van der Waals surface area (Å²) in [5.41, 5.74) is 3.17. The molecule has 5 nitrogen and oxygen atoms in total. The summed E-state index contributed by atoms with van der Waals surface area (Å²) in [5.74, 6) is -0.241. The van der Waals surface area contributed by atoms with E-state index < -0.39 is 18.4 Å². The Hall–Kier alpha value is -3.82. The van der Waals surface area contributed by atoms with Gasteiger partial charge in [-0.15, -0.1) is 0 Å². The molecule has 0 spiro atoms. The molecule has 0 aliphatic heterocycles. The van der Waals surface area contributed by atoms with Crippen LogP contribution in [0.2, 0.25) is 0 Å². The van der Waals surface area contributed by atoms with E-state index in [1.807, 2.05) is 36.4 Å². The highest BCUT2D eigenvalue weighted by Crippen LogP contribution is 2.62. The summed E-state index contributed by atoms with van der Waals surface area (Å²) in [4.78, 5) is 11.7. The summed E-state index contributed by atoms with van der Waals surface area (Å²) >= 11 is 0. The summed E-state index contributed by atoms with van der Waals surface area (Å²) < 4.78 is 14.6. The Labute approximate surface area is 217 Å². The maximum atomic E-state index is 11.7. The topological polar surface area (TPSA) is 63.8 Å². The molecular weight excluding hydrogens is 479 g/mol. The van der Waals surface area contributed by atoms with Crippen LogP contribution < -0.4 is 9.83 Å². The maximum Gasteiger partial charge on any atom is 0.335 e. The zero-order valence-corrected chi connectivity index (χ0v) is 22.4. The third-order valence-electron chi connectivity index (χ3n) is 6.66. The van der Waals surface area contributed by atoms with Gasteiger partial charge in [-0.05, 0) is 61.5 Å². The number of benzene rings is 4. The van der Waals surface area contributed by atoms with E-state index in [9.17, 15) is 9.90 Å². The van der Waals surface area contributed by atoms with Crippen LogP contribution >= 0.6 is 7.28 Å². The number of carboxylic acid groups (broad SMARTS) is 1. The van der Waals surface area contributed by atoms with Crippen LogP contribution in [0.3, 0.4) is 0 Å². The number of nitrogens with zero attached hydrogens (tertiary/aromatic N) is 2. The summed E-state index contributed by atoms with van der Waals surface area (Å²) in [7, 11) is -2.78. The van der Waals surface area contributed by atoms with Crippen molar-refractivity contribution in [1.82, 2.24) is 4.57 Å². The molecule has 37 heavy (non-hydrogen) atoms. The third kappa shape index (κ3) is 4.45. The largest absolute Gasteiger partial charge is 0.478 e. The molecule has 1 aromatic heterocycles. The lowest BCUT2D eigenvalue weighted by atomic mass is 10.1. The molecule has 0 saturated carbocycles. The van der Waals surface area contributed by atoms with Crippen molar-refractivity contribution in [2.45, 2.75) is 39.4 Å². The molecule has 0 amide bonds. The smallest absolute Gasteiger partial charge is 0.335 e. The molecule has 1 heterocycles. The number of aromatic nitrogens is 1. The van der Waals surface area contributed by atoms with E-state index in [4.69, 9.17) is 9.27 Å². The summed E-state index contributed by atoms with van der Waals surface area (Å²) in [6, 6.07) is 31.6. The van der Waals surface area contributed by atoms with Crippen molar-refractivity contribution in [3.63, 3.8) is 0 Å². The van der Waals surface area contributed by atoms with E-state index in [1.54, 1.807) is 18.2 Å². The van der Waals surface area contributed by atoms with Gasteiger partial charge in [-0.2, -0.15) is 0 Å². The second-order valence-corrected chi connectivity index (χ2v) is 13.5. The van der Waals surface area contributed by atoms with Crippen molar-refractivity contribution in [2.24, 2.45) is 4.74 Å². The van der Waals surface area contributed by atoms with Crippen LogP contribution in [0.15, 0.2) is 102 Å². The number of para-hydroxylation sites is 2. The lowest BCUT2D eigenvalue weighted by Crippen LogP contribution is -2.27. The van der Waals surface area contributed by atoms with E-state index in [1.165, 1.54) is 16.4 Å². The van der Waals surface area contributed by atoms with Gasteiger partial charge in [0, 0.05) is 38.8 Å². The highest BCUT2D eigenvalue weighted by atomic mass is 31.2. The monoisotopic (exact) mass is 510 g/mol. The number of carbonyl (C=O) groups is 1. The molecular formula is C31H31N2O3P. The number of fused-ring (bicyclic) bond motifs is 3. The maximum absolute atomic E-state index is 11.7. The van der Waals surface area contributed by atoms with Gasteiger partial charge in [0.05, 0.1) is 11.3 Å². The highest BCUT2D eigenvalue weighted by Gasteiger charge is 2.39. The number of aryl methyl sites for hydroxylation is 1. The SMILES string of the molecule is CCn1c2ccccc2c2cc([P@@](=Nc3cccc(C(=O)O)c3)(Oc3ccccc3)C(C)(C)C)ccc21. The third-order valence-corrected chi connectivity index (χ3v) is 10.4. The normalized spacial score (nSPS) is 13.4. The van der Waals surface area contributed by atoms with Crippen molar-refractivity contribution in [1.29, 1.82) is 0 Å². The number of carboxylic acids is 1. The Morgan fingerprint density at radius 3 is 2.27 bits per heavy atom. The molecule has 5 rings (SSSR count). The molecule has 0 aliphatic rings. The average Bonchev–Trinajstić information content (AvgIpc) is 3.21. The van der Waals surface area contributed by atoms with Gasteiger partial charge in [0.1, 0.15) is 5.75 Å². The first-order chi connectivity index (χ1) is 17.7. The Balaban J connectivity index is 1.85. The van der Waals surface area contributed by atoms with Crippen molar-refractivity contribution in [3.8, 4) is 5.75 Å². The fourth-order valence-electron chi connectivity index (χ4n) is 4.87. The van der Waals surface area contributed by atoms with Crippen LogP contribution in [0.4, 0.5) is 5.69 Å². The Bertz CT molecular complexity index is 1660. The molecule has 4 aromatic carbocycles. The van der Waals surface area contributed by atoms with Gasteiger partial charge in [0.25, 0.3) is 0 Å². The van der Waals surface area contributed by atoms with Gasteiger partial charge in [-0.3, -0.25) is 0 Å². The molecule has 0 aliphatic carbocycles. The van der Waals surface area contributed by atoms with Crippen LogP contribution in [0.5, 0.6) is 5.75 Å². The van der Waals surface area contributed by atoms with E-state index in [-0.39, 0.29) is 5.56 Å². The quantitative estimate of drug-likeness (QED) is 0.233. The van der Waals surface area contributed by atoms with Gasteiger partial charge in [-0.25, -0.2) is 9.54 Å². The first-order valence-electron chi connectivity index (χ1n) is 12.5. The van der Waals surface area contributed by atoms with Crippen LogP contribution in [0.1, 0.15) is 38.1 Å². The van der Waals surface area contributed by atoms with E-state index in [0.717, 1.165) is 23.0 Å². The fraction of sp³-hybridized carbons (Fsp3) is 0.194. The first kappa shape index (κ1) is 24.9. The Morgan fingerprint density at radius 1 is 0.865 bits per heavy atom. The fourth-order valence-corrected chi connectivity index (χ4v) is 7.94. The highest BCUT2D eigenvalue weighted by molar-refractivity contribution is 7.71. The van der Waals surface area contributed by atoms with Crippen molar-refractivity contribution in [2.75, 3.05) is 0 Å². The van der Waals surface area contributed by atoms with E-state index in [0.29, 0.717) is 5.69 Å². The first-order valence-corrected chi connectivity index (χ1v) is 14.1. The van der Waals surface area contributed by atoms with Crippen molar-refractivity contribution in [3.05, 3.63) is 103 Å². The summed E-state index contributed by atoms with van der Waals surface area (Å²) in [6.45, 7) is 9.47. The average molecular weight is 511 g/mol. The van der Waals surface area contributed by atoms with Crippen LogP contribution in [-0.2, 0) is 6.54 Å². The minimum atomic E-state index is -2.78. The lowest BCUT2D eigenvalue weighted by Gasteiger charge is -2.37. The minimum absolute atomic E-state index is 0.203. The van der Waals surface area contributed by atoms with Gasteiger partial charge < -0.3 is 14.2 Å². The Morgan fingerprint density at radius 2 is 1.57 bits per heavy atom.